The summed E-state index contributed by atoms with van der Waals surface area (Å²) in [5.74, 6) is -0.0851. The molecular formula is C31H57NO3. The van der Waals surface area contributed by atoms with Crippen LogP contribution in [0.1, 0.15) is 136 Å². The second-order valence-electron chi connectivity index (χ2n) is 9.81. The highest BCUT2D eigenvalue weighted by Crippen LogP contribution is 2.10. The molecule has 0 spiro atoms. The Morgan fingerprint density at radius 3 is 1.77 bits per heavy atom. The highest BCUT2D eigenvalue weighted by atomic mass is 16.3. The van der Waals surface area contributed by atoms with Gasteiger partial charge in [0.05, 0.1) is 18.8 Å². The zero-order valence-electron chi connectivity index (χ0n) is 23.1. The molecule has 2 atom stereocenters. The first-order valence-electron chi connectivity index (χ1n) is 14.7. The Morgan fingerprint density at radius 1 is 0.686 bits per heavy atom. The van der Waals surface area contributed by atoms with Gasteiger partial charge < -0.3 is 15.5 Å². The lowest BCUT2D eigenvalue weighted by Crippen LogP contribution is -2.45. The minimum atomic E-state index is -0.839. The van der Waals surface area contributed by atoms with E-state index >= 15 is 0 Å². The number of allylic oxidation sites excluding steroid dienone is 5. The summed E-state index contributed by atoms with van der Waals surface area (Å²) < 4.78 is 0. The summed E-state index contributed by atoms with van der Waals surface area (Å²) in [5, 5.41) is 22.6. The molecule has 3 N–H and O–H groups in total. The van der Waals surface area contributed by atoms with Crippen LogP contribution in [0.25, 0.3) is 0 Å². The van der Waals surface area contributed by atoms with E-state index in [1.165, 1.54) is 70.6 Å². The topological polar surface area (TPSA) is 69.6 Å². The van der Waals surface area contributed by atoms with E-state index in [9.17, 15) is 15.0 Å². The van der Waals surface area contributed by atoms with Crippen molar-refractivity contribution in [3.05, 3.63) is 36.5 Å². The number of unbranched alkanes of at least 4 members (excludes halogenated alkanes) is 14. The van der Waals surface area contributed by atoms with Crippen LogP contribution in [-0.2, 0) is 4.79 Å². The number of rotatable bonds is 25. The summed E-state index contributed by atoms with van der Waals surface area (Å²) in [6.07, 6.45) is 33.6. The normalized spacial score (nSPS) is 13.8. The van der Waals surface area contributed by atoms with E-state index in [-0.39, 0.29) is 12.5 Å². The number of aliphatic hydroxyl groups is 2. The van der Waals surface area contributed by atoms with Crippen molar-refractivity contribution in [2.24, 2.45) is 0 Å². The van der Waals surface area contributed by atoms with Crippen LogP contribution in [0.2, 0.25) is 0 Å². The molecule has 4 nitrogen and oxygen atoms in total. The zero-order chi connectivity index (χ0) is 25.8. The first-order chi connectivity index (χ1) is 17.2. The van der Waals surface area contributed by atoms with Crippen LogP contribution >= 0.6 is 0 Å². The maximum absolute atomic E-state index is 12.2. The quantitative estimate of drug-likeness (QED) is 0.0896. The predicted octanol–water partition coefficient (Wildman–Crippen LogP) is 7.94. The van der Waals surface area contributed by atoms with Crippen LogP contribution in [0.15, 0.2) is 36.5 Å². The van der Waals surface area contributed by atoms with E-state index in [0.29, 0.717) is 6.42 Å². The average molecular weight is 492 g/mol. The van der Waals surface area contributed by atoms with Gasteiger partial charge in [-0.1, -0.05) is 115 Å². The number of carbonyl (C=O) groups excluding carboxylic acids is 1. The molecule has 4 heteroatoms. The Morgan fingerprint density at radius 2 is 1.17 bits per heavy atom. The highest BCUT2D eigenvalue weighted by molar-refractivity contribution is 5.76. The van der Waals surface area contributed by atoms with E-state index < -0.39 is 12.1 Å². The van der Waals surface area contributed by atoms with E-state index in [1.54, 1.807) is 6.08 Å². The maximum atomic E-state index is 12.2. The van der Waals surface area contributed by atoms with Crippen molar-refractivity contribution in [3.63, 3.8) is 0 Å². The van der Waals surface area contributed by atoms with Gasteiger partial charge in [-0.3, -0.25) is 4.79 Å². The summed E-state index contributed by atoms with van der Waals surface area (Å²) in [5.41, 5.74) is 0. The number of amides is 1. The molecule has 0 aliphatic heterocycles. The second kappa shape index (κ2) is 27.2. The van der Waals surface area contributed by atoms with Gasteiger partial charge in [0.25, 0.3) is 0 Å². The fourth-order valence-corrected chi connectivity index (χ4v) is 4.03. The van der Waals surface area contributed by atoms with Gasteiger partial charge in [-0.25, -0.2) is 0 Å². The summed E-state index contributed by atoms with van der Waals surface area (Å²) >= 11 is 0. The van der Waals surface area contributed by atoms with Crippen molar-refractivity contribution in [1.82, 2.24) is 5.32 Å². The smallest absolute Gasteiger partial charge is 0.220 e. The van der Waals surface area contributed by atoms with Crippen LogP contribution in [0.4, 0.5) is 0 Å². The third-order valence-electron chi connectivity index (χ3n) is 6.37. The van der Waals surface area contributed by atoms with Crippen LogP contribution < -0.4 is 5.32 Å². The largest absolute Gasteiger partial charge is 0.394 e. The second-order valence-corrected chi connectivity index (χ2v) is 9.81. The fraction of sp³-hybridized carbons (Fsp3) is 0.774. The van der Waals surface area contributed by atoms with Gasteiger partial charge >= 0.3 is 0 Å². The van der Waals surface area contributed by atoms with Crippen LogP contribution in [0.3, 0.4) is 0 Å². The van der Waals surface area contributed by atoms with Gasteiger partial charge in [0.1, 0.15) is 0 Å². The van der Waals surface area contributed by atoms with Crippen molar-refractivity contribution in [3.8, 4) is 0 Å². The Hall–Kier alpha value is -1.39. The van der Waals surface area contributed by atoms with Gasteiger partial charge in [-0.15, -0.1) is 0 Å². The molecule has 0 aromatic heterocycles. The van der Waals surface area contributed by atoms with Gasteiger partial charge in [-0.05, 0) is 51.4 Å². The molecule has 0 heterocycles. The molecule has 0 rings (SSSR count). The van der Waals surface area contributed by atoms with Crippen LogP contribution in [0, 0.1) is 0 Å². The Kier molecular flexibility index (Phi) is 26.1. The Labute approximate surface area is 217 Å². The lowest BCUT2D eigenvalue weighted by molar-refractivity contribution is -0.123. The number of nitrogens with one attached hydrogen (secondary N) is 1. The first kappa shape index (κ1) is 33.6. The molecule has 204 valence electrons. The van der Waals surface area contributed by atoms with E-state index in [1.807, 2.05) is 6.08 Å². The molecule has 35 heavy (non-hydrogen) atoms. The number of hydrogen-bond acceptors (Lipinski definition) is 3. The van der Waals surface area contributed by atoms with Crippen molar-refractivity contribution in [2.75, 3.05) is 6.61 Å². The minimum Gasteiger partial charge on any atom is -0.394 e. The molecule has 0 radical (unpaired) electrons. The Balaban J connectivity index is 3.72. The number of carbonyl (C=O) groups is 1. The van der Waals surface area contributed by atoms with Gasteiger partial charge in [0, 0.05) is 6.42 Å². The summed E-state index contributed by atoms with van der Waals surface area (Å²) in [7, 11) is 0. The average Bonchev–Trinajstić information content (AvgIpc) is 2.86. The SMILES string of the molecule is CCCCC/C=C\C/C=C\CCCCCCCC(=O)NC(CO)C(O)/C=C/CCCCCCCC. The third kappa shape index (κ3) is 24.1. The predicted molar refractivity (Wildman–Crippen MR) is 152 cm³/mol. The Bertz CT molecular complexity index is 541. The number of aliphatic hydroxyl groups excluding tert-OH is 2. The summed E-state index contributed by atoms with van der Waals surface area (Å²) in [4.78, 5) is 12.2. The fourth-order valence-electron chi connectivity index (χ4n) is 4.03. The lowest BCUT2D eigenvalue weighted by atomic mass is 10.1. The molecular weight excluding hydrogens is 434 g/mol. The van der Waals surface area contributed by atoms with Gasteiger partial charge in [0.15, 0.2) is 0 Å². The lowest BCUT2D eigenvalue weighted by Gasteiger charge is -2.20. The first-order valence-corrected chi connectivity index (χ1v) is 14.7. The van der Waals surface area contributed by atoms with E-state index in [2.05, 4.69) is 43.5 Å². The third-order valence-corrected chi connectivity index (χ3v) is 6.37. The standard InChI is InChI=1S/C31H57NO3/c1-3-5-7-9-11-13-14-15-16-17-18-19-21-23-25-27-31(35)32-29(28-33)30(34)26-24-22-20-12-10-8-6-4-2/h11,13,15-16,24,26,29-30,33-34H,3-10,12,14,17-23,25,27-28H2,1-2H3,(H,32,35)/b13-11-,16-15-,26-24+. The zero-order valence-corrected chi connectivity index (χ0v) is 23.1. The van der Waals surface area contributed by atoms with E-state index in [4.69, 9.17) is 0 Å². The summed E-state index contributed by atoms with van der Waals surface area (Å²) in [6.45, 7) is 4.20. The molecule has 0 aliphatic rings. The molecule has 0 aliphatic carbocycles. The van der Waals surface area contributed by atoms with Crippen LogP contribution in [0.5, 0.6) is 0 Å². The maximum Gasteiger partial charge on any atom is 0.220 e. The van der Waals surface area contributed by atoms with Crippen molar-refractivity contribution in [1.29, 1.82) is 0 Å². The van der Waals surface area contributed by atoms with Crippen molar-refractivity contribution < 1.29 is 15.0 Å². The molecule has 0 fully saturated rings. The molecule has 0 saturated carbocycles. The van der Waals surface area contributed by atoms with Crippen molar-refractivity contribution in [2.45, 2.75) is 148 Å². The highest BCUT2D eigenvalue weighted by Gasteiger charge is 2.17. The van der Waals surface area contributed by atoms with Crippen molar-refractivity contribution >= 4 is 5.91 Å². The molecule has 0 aromatic carbocycles. The van der Waals surface area contributed by atoms with E-state index in [0.717, 1.165) is 44.9 Å². The monoisotopic (exact) mass is 491 g/mol. The van der Waals surface area contributed by atoms with Gasteiger partial charge in [0.2, 0.25) is 5.91 Å². The molecule has 0 bridgehead atoms. The van der Waals surface area contributed by atoms with Gasteiger partial charge in [-0.2, -0.15) is 0 Å². The summed E-state index contributed by atoms with van der Waals surface area (Å²) in [6, 6.07) is -0.624. The molecule has 0 saturated heterocycles. The minimum absolute atomic E-state index is 0.0851. The molecule has 0 aromatic rings. The van der Waals surface area contributed by atoms with Crippen LogP contribution in [-0.4, -0.2) is 34.9 Å². The number of hydrogen-bond donors (Lipinski definition) is 3. The molecule has 1 amide bonds. The molecule has 2 unspecified atom stereocenters.